The van der Waals surface area contributed by atoms with Crippen molar-refractivity contribution < 1.29 is 23.8 Å². The monoisotopic (exact) mass is 336 g/mol. The average Bonchev–Trinajstić information content (AvgIpc) is 3.02. The minimum atomic E-state index is -0.519. The van der Waals surface area contributed by atoms with E-state index in [-0.39, 0.29) is 24.8 Å². The molecular formula is C15H16N2O5S. The van der Waals surface area contributed by atoms with Crippen LogP contribution in [0.4, 0.5) is 5.13 Å². The molecule has 0 radical (unpaired) electrons. The first kappa shape index (κ1) is 16.8. The van der Waals surface area contributed by atoms with Crippen LogP contribution in [0.1, 0.15) is 17.4 Å². The van der Waals surface area contributed by atoms with E-state index in [1.807, 2.05) is 0 Å². The van der Waals surface area contributed by atoms with Gasteiger partial charge in [-0.05, 0) is 19.1 Å². The summed E-state index contributed by atoms with van der Waals surface area (Å²) in [6, 6.07) is 7.02. The van der Waals surface area contributed by atoms with E-state index in [2.05, 4.69) is 10.3 Å². The van der Waals surface area contributed by atoms with Crippen LogP contribution in [0.3, 0.4) is 0 Å². The van der Waals surface area contributed by atoms with Crippen molar-refractivity contribution in [3.8, 4) is 11.5 Å². The number of ether oxygens (including phenoxy) is 3. The molecule has 0 aliphatic rings. The zero-order valence-electron chi connectivity index (χ0n) is 12.7. The first-order valence-electron chi connectivity index (χ1n) is 6.82. The molecule has 1 aromatic heterocycles. The number of nitrogens with one attached hydrogen (secondary N) is 1. The number of rotatable bonds is 7. The quantitative estimate of drug-likeness (QED) is 0.781. The summed E-state index contributed by atoms with van der Waals surface area (Å²) in [5.41, 5.74) is 0.165. The van der Waals surface area contributed by atoms with Gasteiger partial charge >= 0.3 is 5.97 Å². The summed E-state index contributed by atoms with van der Waals surface area (Å²) in [6.07, 6.45) is 0. The van der Waals surface area contributed by atoms with Gasteiger partial charge in [-0.3, -0.25) is 10.1 Å². The van der Waals surface area contributed by atoms with E-state index in [9.17, 15) is 9.59 Å². The number of anilines is 1. The van der Waals surface area contributed by atoms with Crippen LogP contribution in [0.2, 0.25) is 0 Å². The van der Waals surface area contributed by atoms with Crippen molar-refractivity contribution in [1.29, 1.82) is 0 Å². The third kappa shape index (κ3) is 4.68. The van der Waals surface area contributed by atoms with Crippen LogP contribution in [0.25, 0.3) is 0 Å². The van der Waals surface area contributed by atoms with Crippen LogP contribution in [0.5, 0.6) is 11.5 Å². The van der Waals surface area contributed by atoms with Gasteiger partial charge in [-0.25, -0.2) is 9.78 Å². The van der Waals surface area contributed by atoms with Crippen LogP contribution < -0.4 is 14.8 Å². The molecular weight excluding hydrogens is 320 g/mol. The number of methoxy groups -OCH3 is 1. The highest BCUT2D eigenvalue weighted by molar-refractivity contribution is 7.14. The zero-order chi connectivity index (χ0) is 16.7. The van der Waals surface area contributed by atoms with Crippen LogP contribution in [-0.4, -0.2) is 37.2 Å². The minimum Gasteiger partial charge on any atom is -0.493 e. The maximum atomic E-state index is 11.9. The number of aromatic nitrogens is 1. The van der Waals surface area contributed by atoms with E-state index in [4.69, 9.17) is 14.2 Å². The molecule has 0 unspecified atom stereocenters. The first-order valence-corrected chi connectivity index (χ1v) is 7.70. The van der Waals surface area contributed by atoms with E-state index in [0.29, 0.717) is 16.6 Å². The molecule has 0 aliphatic carbocycles. The highest BCUT2D eigenvalue weighted by Crippen LogP contribution is 2.25. The van der Waals surface area contributed by atoms with Gasteiger partial charge in [0.2, 0.25) is 0 Å². The summed E-state index contributed by atoms with van der Waals surface area (Å²) < 4.78 is 15.4. The van der Waals surface area contributed by atoms with Gasteiger partial charge in [0.1, 0.15) is 0 Å². The maximum Gasteiger partial charge on any atom is 0.357 e. The molecule has 1 amide bonds. The summed E-state index contributed by atoms with van der Waals surface area (Å²) >= 11 is 1.14. The highest BCUT2D eigenvalue weighted by atomic mass is 32.1. The van der Waals surface area contributed by atoms with Gasteiger partial charge in [0.15, 0.2) is 28.9 Å². The number of thiazole rings is 1. The van der Waals surface area contributed by atoms with Crippen LogP contribution in [0.15, 0.2) is 29.6 Å². The molecule has 1 heterocycles. The lowest BCUT2D eigenvalue weighted by Gasteiger charge is -2.09. The van der Waals surface area contributed by atoms with E-state index in [1.54, 1.807) is 31.2 Å². The number of benzene rings is 1. The van der Waals surface area contributed by atoms with Gasteiger partial charge in [-0.15, -0.1) is 11.3 Å². The number of hydrogen-bond acceptors (Lipinski definition) is 7. The van der Waals surface area contributed by atoms with E-state index in [0.717, 1.165) is 11.3 Å². The fraction of sp³-hybridized carbons (Fsp3) is 0.267. The largest absolute Gasteiger partial charge is 0.493 e. The summed E-state index contributed by atoms with van der Waals surface area (Å²) in [5, 5.41) is 4.39. The maximum absolute atomic E-state index is 11.9. The molecule has 7 nitrogen and oxygen atoms in total. The number of para-hydroxylation sites is 2. The van der Waals surface area contributed by atoms with E-state index in [1.165, 1.54) is 12.5 Å². The second-order valence-electron chi connectivity index (χ2n) is 4.25. The smallest absolute Gasteiger partial charge is 0.357 e. The van der Waals surface area contributed by atoms with Crippen LogP contribution in [0, 0.1) is 0 Å². The molecule has 23 heavy (non-hydrogen) atoms. The summed E-state index contributed by atoms with van der Waals surface area (Å²) in [5.74, 6) is 0.103. The van der Waals surface area contributed by atoms with Crippen molar-refractivity contribution in [2.45, 2.75) is 6.92 Å². The van der Waals surface area contributed by atoms with Crippen molar-refractivity contribution in [1.82, 2.24) is 4.98 Å². The standard InChI is InChI=1S/C15H16N2O5S/c1-3-21-14(19)10-9-23-15(16-10)17-13(18)8-22-12-7-5-4-6-11(12)20-2/h4-7,9H,3,8H2,1-2H3,(H,16,17,18). The predicted molar refractivity (Wildman–Crippen MR) is 85.2 cm³/mol. The Hall–Kier alpha value is -2.61. The van der Waals surface area contributed by atoms with Crippen LogP contribution >= 0.6 is 11.3 Å². The molecule has 2 rings (SSSR count). The Morgan fingerprint density at radius 3 is 2.70 bits per heavy atom. The zero-order valence-corrected chi connectivity index (χ0v) is 13.5. The third-order valence-corrected chi connectivity index (χ3v) is 3.42. The van der Waals surface area contributed by atoms with Gasteiger partial charge in [0.25, 0.3) is 5.91 Å². The van der Waals surface area contributed by atoms with Crippen molar-refractivity contribution in [2.75, 3.05) is 25.6 Å². The lowest BCUT2D eigenvalue weighted by molar-refractivity contribution is -0.118. The number of carbonyl (C=O) groups excluding carboxylic acids is 2. The normalized spacial score (nSPS) is 10.0. The molecule has 1 N–H and O–H groups in total. The Morgan fingerprint density at radius 2 is 2.00 bits per heavy atom. The Morgan fingerprint density at radius 1 is 1.26 bits per heavy atom. The molecule has 0 aliphatic heterocycles. The second kappa shape index (κ2) is 8.14. The number of amides is 1. The molecule has 0 fully saturated rings. The van der Waals surface area contributed by atoms with Gasteiger partial charge in [0.05, 0.1) is 13.7 Å². The number of nitrogens with zero attached hydrogens (tertiary/aromatic N) is 1. The van der Waals surface area contributed by atoms with E-state index < -0.39 is 5.97 Å². The Kier molecular flexibility index (Phi) is 5.93. The first-order chi connectivity index (χ1) is 11.1. The second-order valence-corrected chi connectivity index (χ2v) is 5.10. The summed E-state index contributed by atoms with van der Waals surface area (Å²) in [7, 11) is 1.52. The molecule has 0 bridgehead atoms. The Bertz CT molecular complexity index is 686. The predicted octanol–water partition coefficient (Wildman–Crippen LogP) is 2.35. The minimum absolute atomic E-state index is 0.165. The number of carbonyl (C=O) groups is 2. The van der Waals surface area contributed by atoms with Crippen LogP contribution in [-0.2, 0) is 9.53 Å². The molecule has 1 aromatic carbocycles. The summed E-state index contributed by atoms with van der Waals surface area (Å²) in [4.78, 5) is 27.3. The van der Waals surface area contributed by atoms with Crippen molar-refractivity contribution in [3.05, 3.63) is 35.3 Å². The fourth-order valence-electron chi connectivity index (χ4n) is 1.67. The fourth-order valence-corrected chi connectivity index (χ4v) is 2.36. The summed E-state index contributed by atoms with van der Waals surface area (Å²) in [6.45, 7) is 1.78. The van der Waals surface area contributed by atoms with Gasteiger partial charge in [-0.2, -0.15) is 0 Å². The molecule has 8 heteroatoms. The Labute approximate surface area is 137 Å². The molecule has 0 saturated carbocycles. The molecule has 0 spiro atoms. The van der Waals surface area contributed by atoms with Gasteiger partial charge < -0.3 is 14.2 Å². The third-order valence-electron chi connectivity index (χ3n) is 2.66. The van der Waals surface area contributed by atoms with Gasteiger partial charge in [0, 0.05) is 5.38 Å². The molecule has 2 aromatic rings. The lowest BCUT2D eigenvalue weighted by atomic mass is 10.3. The molecule has 122 valence electrons. The van der Waals surface area contributed by atoms with Gasteiger partial charge in [-0.1, -0.05) is 12.1 Å². The topological polar surface area (TPSA) is 86.8 Å². The van der Waals surface area contributed by atoms with Crippen molar-refractivity contribution in [3.63, 3.8) is 0 Å². The average molecular weight is 336 g/mol. The van der Waals surface area contributed by atoms with Crippen molar-refractivity contribution in [2.24, 2.45) is 0 Å². The highest BCUT2D eigenvalue weighted by Gasteiger charge is 2.13. The van der Waals surface area contributed by atoms with Crippen molar-refractivity contribution >= 4 is 28.3 Å². The van der Waals surface area contributed by atoms with E-state index >= 15 is 0 Å². The SMILES string of the molecule is CCOC(=O)c1csc(NC(=O)COc2ccccc2OC)n1. The number of hydrogen-bond donors (Lipinski definition) is 1. The Balaban J connectivity index is 1.89. The number of esters is 1. The lowest BCUT2D eigenvalue weighted by Crippen LogP contribution is -2.20. The molecule has 0 saturated heterocycles. The molecule has 0 atom stereocenters.